The SMILES string of the molecule is CC(C)NS(=O)(=O)N1CC2CCCN2C1c1ccccc1. The number of nitrogens with zero attached hydrogens (tertiary/aromatic N) is 2. The van der Waals surface area contributed by atoms with Crippen LogP contribution < -0.4 is 4.72 Å². The third-order valence-electron chi connectivity index (χ3n) is 4.19. The molecule has 0 saturated carbocycles. The molecule has 2 heterocycles. The van der Waals surface area contributed by atoms with Gasteiger partial charge in [0.1, 0.15) is 6.17 Å². The van der Waals surface area contributed by atoms with Crippen LogP contribution in [0.2, 0.25) is 0 Å². The summed E-state index contributed by atoms with van der Waals surface area (Å²) in [6.07, 6.45) is 2.06. The van der Waals surface area contributed by atoms with Crippen molar-refractivity contribution in [3.8, 4) is 0 Å². The first-order chi connectivity index (χ1) is 9.99. The van der Waals surface area contributed by atoms with Gasteiger partial charge in [-0.3, -0.25) is 4.90 Å². The van der Waals surface area contributed by atoms with Gasteiger partial charge in [0.2, 0.25) is 0 Å². The van der Waals surface area contributed by atoms with Gasteiger partial charge in [-0.25, -0.2) is 0 Å². The Bertz CT molecular complexity index is 588. The number of hydrogen-bond acceptors (Lipinski definition) is 3. The largest absolute Gasteiger partial charge is 0.281 e. The van der Waals surface area contributed by atoms with Crippen LogP contribution in [-0.2, 0) is 10.2 Å². The Balaban J connectivity index is 1.95. The summed E-state index contributed by atoms with van der Waals surface area (Å²) in [5.41, 5.74) is 1.05. The van der Waals surface area contributed by atoms with Gasteiger partial charge in [0.05, 0.1) is 0 Å². The van der Waals surface area contributed by atoms with E-state index < -0.39 is 10.2 Å². The van der Waals surface area contributed by atoms with Gasteiger partial charge in [0, 0.05) is 25.2 Å². The maximum absolute atomic E-state index is 12.6. The van der Waals surface area contributed by atoms with E-state index in [0.29, 0.717) is 12.6 Å². The van der Waals surface area contributed by atoms with Crippen molar-refractivity contribution >= 4 is 10.2 Å². The molecule has 2 unspecified atom stereocenters. The average molecular weight is 309 g/mol. The molecular weight excluding hydrogens is 286 g/mol. The lowest BCUT2D eigenvalue weighted by atomic mass is 10.1. The Labute approximate surface area is 127 Å². The fourth-order valence-corrected chi connectivity index (χ4v) is 5.03. The normalized spacial score (nSPS) is 27.4. The molecule has 5 nitrogen and oxygen atoms in total. The number of benzene rings is 1. The van der Waals surface area contributed by atoms with Gasteiger partial charge >= 0.3 is 0 Å². The molecule has 6 heteroatoms. The standard InChI is InChI=1S/C15H23N3O2S/c1-12(2)16-21(19,20)18-11-14-9-6-10-17(14)15(18)13-7-4-3-5-8-13/h3-5,7-8,12,14-16H,6,9-11H2,1-2H3. The molecule has 3 rings (SSSR count). The van der Waals surface area contributed by atoms with Crippen molar-refractivity contribution in [1.29, 1.82) is 0 Å². The summed E-state index contributed by atoms with van der Waals surface area (Å²) in [7, 11) is -3.46. The highest BCUT2D eigenvalue weighted by Gasteiger charge is 2.47. The molecule has 116 valence electrons. The summed E-state index contributed by atoms with van der Waals surface area (Å²) < 4.78 is 29.6. The first kappa shape index (κ1) is 15.0. The van der Waals surface area contributed by atoms with Crippen molar-refractivity contribution in [2.45, 2.75) is 44.9 Å². The maximum atomic E-state index is 12.6. The number of rotatable bonds is 4. The molecule has 2 saturated heterocycles. The van der Waals surface area contributed by atoms with Crippen LogP contribution in [0.15, 0.2) is 30.3 Å². The lowest BCUT2D eigenvalue weighted by Gasteiger charge is -2.29. The van der Waals surface area contributed by atoms with E-state index >= 15 is 0 Å². The lowest BCUT2D eigenvalue weighted by molar-refractivity contribution is 0.196. The van der Waals surface area contributed by atoms with Crippen molar-refractivity contribution in [3.05, 3.63) is 35.9 Å². The number of fused-ring (bicyclic) bond motifs is 1. The van der Waals surface area contributed by atoms with Crippen LogP contribution in [0, 0.1) is 0 Å². The van der Waals surface area contributed by atoms with Crippen LogP contribution in [0.1, 0.15) is 38.4 Å². The van der Waals surface area contributed by atoms with Gasteiger partial charge in [0.15, 0.2) is 0 Å². The van der Waals surface area contributed by atoms with Gasteiger partial charge in [-0.2, -0.15) is 17.4 Å². The molecule has 1 aromatic rings. The Morgan fingerprint density at radius 1 is 1.24 bits per heavy atom. The Hall–Kier alpha value is -0.950. The fourth-order valence-electron chi connectivity index (χ4n) is 3.43. The second-order valence-corrected chi connectivity index (χ2v) is 7.82. The zero-order chi connectivity index (χ0) is 15.0. The molecule has 0 spiro atoms. The van der Waals surface area contributed by atoms with Gasteiger partial charge < -0.3 is 0 Å². The van der Waals surface area contributed by atoms with Gasteiger partial charge in [-0.05, 0) is 32.3 Å². The monoisotopic (exact) mass is 309 g/mol. The third kappa shape index (κ3) is 2.85. The van der Waals surface area contributed by atoms with Gasteiger partial charge in [-0.15, -0.1) is 0 Å². The minimum atomic E-state index is -3.46. The number of hydrogen-bond donors (Lipinski definition) is 1. The molecule has 2 fully saturated rings. The Morgan fingerprint density at radius 2 is 1.95 bits per heavy atom. The van der Waals surface area contributed by atoms with Crippen molar-refractivity contribution in [2.75, 3.05) is 13.1 Å². The molecule has 0 aliphatic carbocycles. The maximum Gasteiger partial charge on any atom is 0.281 e. The van der Waals surface area contributed by atoms with Crippen LogP contribution in [-0.4, -0.2) is 42.8 Å². The van der Waals surface area contributed by atoms with Crippen molar-refractivity contribution in [2.24, 2.45) is 0 Å². The molecule has 2 atom stereocenters. The van der Waals surface area contributed by atoms with Crippen LogP contribution in [0.25, 0.3) is 0 Å². The van der Waals surface area contributed by atoms with Crippen molar-refractivity contribution < 1.29 is 8.42 Å². The van der Waals surface area contributed by atoms with E-state index in [1.807, 2.05) is 44.2 Å². The highest BCUT2D eigenvalue weighted by Crippen LogP contribution is 2.39. The van der Waals surface area contributed by atoms with Crippen LogP contribution in [0.4, 0.5) is 0 Å². The van der Waals surface area contributed by atoms with E-state index in [4.69, 9.17) is 0 Å². The molecule has 21 heavy (non-hydrogen) atoms. The van der Waals surface area contributed by atoms with Gasteiger partial charge in [0.25, 0.3) is 10.2 Å². The third-order valence-corrected chi connectivity index (χ3v) is 5.93. The van der Waals surface area contributed by atoms with Crippen LogP contribution in [0.5, 0.6) is 0 Å². The minimum Gasteiger partial charge on any atom is -0.279 e. The highest BCUT2D eigenvalue weighted by atomic mass is 32.2. The van der Waals surface area contributed by atoms with E-state index in [2.05, 4.69) is 9.62 Å². The predicted molar refractivity (Wildman–Crippen MR) is 82.8 cm³/mol. The summed E-state index contributed by atoms with van der Waals surface area (Å²) in [6.45, 7) is 5.26. The van der Waals surface area contributed by atoms with E-state index in [-0.39, 0.29) is 12.2 Å². The van der Waals surface area contributed by atoms with Crippen molar-refractivity contribution in [1.82, 2.24) is 13.9 Å². The molecule has 0 bridgehead atoms. The van der Waals surface area contributed by atoms with E-state index in [1.165, 1.54) is 0 Å². The summed E-state index contributed by atoms with van der Waals surface area (Å²) in [5.74, 6) is 0. The zero-order valence-corrected chi connectivity index (χ0v) is 13.4. The molecule has 0 aromatic heterocycles. The van der Waals surface area contributed by atoms with Crippen LogP contribution in [0.3, 0.4) is 0 Å². The molecular formula is C15H23N3O2S. The van der Waals surface area contributed by atoms with E-state index in [9.17, 15) is 8.42 Å². The second-order valence-electron chi connectivity index (χ2n) is 6.17. The first-order valence-corrected chi connectivity index (χ1v) is 9.03. The predicted octanol–water partition coefficient (Wildman–Crippen LogP) is 1.71. The fraction of sp³-hybridized carbons (Fsp3) is 0.600. The minimum absolute atomic E-state index is 0.0955. The molecule has 2 aliphatic rings. The molecule has 0 amide bonds. The van der Waals surface area contributed by atoms with Crippen molar-refractivity contribution in [3.63, 3.8) is 0 Å². The lowest BCUT2D eigenvalue weighted by Crippen LogP contribution is -2.44. The Morgan fingerprint density at radius 3 is 2.62 bits per heavy atom. The quantitative estimate of drug-likeness (QED) is 0.921. The van der Waals surface area contributed by atoms with E-state index in [0.717, 1.165) is 24.9 Å². The summed E-state index contributed by atoms with van der Waals surface area (Å²) in [6, 6.07) is 10.2. The molecule has 1 aromatic carbocycles. The molecule has 2 aliphatic heterocycles. The van der Waals surface area contributed by atoms with Crippen LogP contribution >= 0.6 is 0 Å². The number of nitrogens with one attached hydrogen (secondary N) is 1. The summed E-state index contributed by atoms with van der Waals surface area (Å²) in [5, 5.41) is 0. The Kier molecular flexibility index (Phi) is 4.05. The molecule has 0 radical (unpaired) electrons. The van der Waals surface area contributed by atoms with Gasteiger partial charge in [-0.1, -0.05) is 30.3 Å². The first-order valence-electron chi connectivity index (χ1n) is 7.59. The smallest absolute Gasteiger partial charge is 0.279 e. The molecule has 1 N–H and O–H groups in total. The second kappa shape index (κ2) is 5.68. The van der Waals surface area contributed by atoms with E-state index in [1.54, 1.807) is 4.31 Å². The summed E-state index contributed by atoms with van der Waals surface area (Å²) >= 11 is 0. The highest BCUT2D eigenvalue weighted by molar-refractivity contribution is 7.87. The average Bonchev–Trinajstić information content (AvgIpc) is 2.98. The summed E-state index contributed by atoms with van der Waals surface area (Å²) in [4.78, 5) is 2.33. The zero-order valence-electron chi connectivity index (χ0n) is 12.6. The topological polar surface area (TPSA) is 52.7 Å².